The normalized spacial score (nSPS) is 23.8. The largest absolute Gasteiger partial charge is 0.301 e. The zero-order valence-corrected chi connectivity index (χ0v) is 13.2. The second-order valence-electron chi connectivity index (χ2n) is 6.14. The highest BCUT2D eigenvalue weighted by atomic mass is 35.5. The first-order chi connectivity index (χ1) is 10.2. The molecule has 2 heterocycles. The summed E-state index contributed by atoms with van der Waals surface area (Å²) in [6, 6.07) is 8.07. The molecule has 0 amide bonds. The Morgan fingerprint density at radius 3 is 2.86 bits per heavy atom. The van der Waals surface area contributed by atoms with E-state index in [4.69, 9.17) is 11.6 Å². The summed E-state index contributed by atoms with van der Waals surface area (Å²) in [5, 5.41) is 0.570. The predicted molar refractivity (Wildman–Crippen MR) is 86.1 cm³/mol. The summed E-state index contributed by atoms with van der Waals surface area (Å²) < 4.78 is 0. The van der Waals surface area contributed by atoms with E-state index in [0.717, 1.165) is 19.6 Å². The zero-order valence-electron chi connectivity index (χ0n) is 12.4. The molecule has 0 aliphatic carbocycles. The molecule has 1 aromatic rings. The molecule has 2 aliphatic rings. The number of hydrogen-bond donors (Lipinski definition) is 0. The number of hydrogen-bond acceptors (Lipinski definition) is 3. The average molecular weight is 307 g/mol. The number of fused-ring (bicyclic) bond motifs is 1. The lowest BCUT2D eigenvalue weighted by molar-refractivity contribution is 0.0962. The molecule has 2 aliphatic heterocycles. The fraction of sp³-hybridized carbons (Fsp3) is 0.588. The van der Waals surface area contributed by atoms with Crippen LogP contribution in [0, 0.1) is 0 Å². The van der Waals surface area contributed by atoms with Gasteiger partial charge in [-0.15, -0.1) is 0 Å². The van der Waals surface area contributed by atoms with E-state index in [1.54, 1.807) is 6.07 Å². The van der Waals surface area contributed by atoms with Crippen molar-refractivity contribution in [3.8, 4) is 0 Å². The Kier molecular flexibility index (Phi) is 4.94. The van der Waals surface area contributed by atoms with Gasteiger partial charge >= 0.3 is 0 Å². The van der Waals surface area contributed by atoms with Gasteiger partial charge in [-0.25, -0.2) is 0 Å². The Morgan fingerprint density at radius 1 is 1.19 bits per heavy atom. The zero-order chi connectivity index (χ0) is 14.7. The maximum absolute atomic E-state index is 12.3. The quantitative estimate of drug-likeness (QED) is 0.799. The molecule has 4 heteroatoms. The fourth-order valence-electron chi connectivity index (χ4n) is 3.57. The third-order valence-electron chi connectivity index (χ3n) is 4.72. The maximum Gasteiger partial charge on any atom is 0.165 e. The summed E-state index contributed by atoms with van der Waals surface area (Å²) in [5.41, 5.74) is 0.663. The molecule has 0 radical (unpaired) electrons. The lowest BCUT2D eigenvalue weighted by atomic mass is 10.1. The van der Waals surface area contributed by atoms with Crippen LogP contribution in [0.4, 0.5) is 0 Å². The van der Waals surface area contributed by atoms with Crippen molar-refractivity contribution in [1.29, 1.82) is 0 Å². The van der Waals surface area contributed by atoms with Gasteiger partial charge in [0.1, 0.15) is 0 Å². The fourth-order valence-corrected chi connectivity index (χ4v) is 3.81. The maximum atomic E-state index is 12.3. The van der Waals surface area contributed by atoms with Gasteiger partial charge in [0.25, 0.3) is 0 Å². The van der Waals surface area contributed by atoms with Crippen molar-refractivity contribution < 1.29 is 4.79 Å². The van der Waals surface area contributed by atoms with Crippen LogP contribution in [0.3, 0.4) is 0 Å². The number of carbonyl (C=O) groups is 1. The molecule has 0 spiro atoms. The van der Waals surface area contributed by atoms with E-state index in [2.05, 4.69) is 9.80 Å². The highest BCUT2D eigenvalue weighted by Crippen LogP contribution is 2.22. The SMILES string of the molecule is O=C(CCN1CCCN2CCCC2C1)c1ccccc1Cl. The molecular weight excluding hydrogens is 284 g/mol. The number of halogens is 1. The lowest BCUT2D eigenvalue weighted by Gasteiger charge is -2.25. The van der Waals surface area contributed by atoms with Gasteiger partial charge in [-0.05, 0) is 51.0 Å². The summed E-state index contributed by atoms with van der Waals surface area (Å²) >= 11 is 6.10. The van der Waals surface area contributed by atoms with E-state index in [9.17, 15) is 4.79 Å². The smallest absolute Gasteiger partial charge is 0.165 e. The standard InChI is InChI=1S/C17H23ClN2O/c18-16-7-2-1-6-15(16)17(21)8-12-19-9-4-11-20-10-3-5-14(20)13-19/h1-2,6-7,14H,3-5,8-13H2. The third-order valence-corrected chi connectivity index (χ3v) is 5.05. The highest BCUT2D eigenvalue weighted by molar-refractivity contribution is 6.33. The van der Waals surface area contributed by atoms with E-state index in [0.29, 0.717) is 23.0 Å². The Labute approximate surface area is 131 Å². The van der Waals surface area contributed by atoms with Crippen LogP contribution in [0.15, 0.2) is 24.3 Å². The van der Waals surface area contributed by atoms with Crippen LogP contribution < -0.4 is 0 Å². The van der Waals surface area contributed by atoms with E-state index in [1.807, 2.05) is 18.2 Å². The van der Waals surface area contributed by atoms with Crippen LogP contribution in [-0.2, 0) is 0 Å². The van der Waals surface area contributed by atoms with Crippen LogP contribution in [0.2, 0.25) is 5.02 Å². The number of Topliss-reactive ketones (excluding diaryl/α,β-unsaturated/α-hetero) is 1. The van der Waals surface area contributed by atoms with Gasteiger partial charge in [0, 0.05) is 31.1 Å². The molecular formula is C17H23ClN2O. The lowest BCUT2D eigenvalue weighted by Crippen LogP contribution is -2.37. The summed E-state index contributed by atoms with van der Waals surface area (Å²) in [5.74, 6) is 0.160. The molecule has 0 N–H and O–H groups in total. The van der Waals surface area contributed by atoms with Gasteiger partial charge in [-0.1, -0.05) is 23.7 Å². The molecule has 0 bridgehead atoms. The second kappa shape index (κ2) is 6.91. The Morgan fingerprint density at radius 2 is 2.00 bits per heavy atom. The minimum atomic E-state index is 0.160. The molecule has 3 nitrogen and oxygen atoms in total. The molecule has 1 aromatic carbocycles. The monoisotopic (exact) mass is 306 g/mol. The van der Waals surface area contributed by atoms with Crippen molar-refractivity contribution in [2.24, 2.45) is 0 Å². The number of rotatable bonds is 4. The van der Waals surface area contributed by atoms with Gasteiger partial charge in [0.2, 0.25) is 0 Å². The molecule has 3 rings (SSSR count). The van der Waals surface area contributed by atoms with Crippen molar-refractivity contribution in [2.45, 2.75) is 31.7 Å². The van der Waals surface area contributed by atoms with Crippen molar-refractivity contribution >= 4 is 17.4 Å². The van der Waals surface area contributed by atoms with Crippen LogP contribution >= 0.6 is 11.6 Å². The van der Waals surface area contributed by atoms with Crippen LogP contribution in [0.5, 0.6) is 0 Å². The number of nitrogens with zero attached hydrogens (tertiary/aromatic N) is 2. The molecule has 114 valence electrons. The Balaban J connectivity index is 1.55. The summed E-state index contributed by atoms with van der Waals surface area (Å²) in [7, 11) is 0. The van der Waals surface area contributed by atoms with Crippen molar-refractivity contribution in [3.63, 3.8) is 0 Å². The summed E-state index contributed by atoms with van der Waals surface area (Å²) in [4.78, 5) is 17.4. The van der Waals surface area contributed by atoms with Gasteiger partial charge in [-0.3, -0.25) is 9.69 Å². The Bertz CT molecular complexity index is 505. The van der Waals surface area contributed by atoms with Crippen LogP contribution in [0.25, 0.3) is 0 Å². The third kappa shape index (κ3) is 3.65. The minimum Gasteiger partial charge on any atom is -0.301 e. The first-order valence-electron chi connectivity index (χ1n) is 7.98. The van der Waals surface area contributed by atoms with Gasteiger partial charge < -0.3 is 4.90 Å². The second-order valence-corrected chi connectivity index (χ2v) is 6.55. The van der Waals surface area contributed by atoms with E-state index in [1.165, 1.54) is 32.4 Å². The minimum absolute atomic E-state index is 0.160. The van der Waals surface area contributed by atoms with E-state index in [-0.39, 0.29) is 5.78 Å². The molecule has 2 fully saturated rings. The molecule has 1 atom stereocenters. The average Bonchev–Trinajstić information content (AvgIpc) is 2.83. The molecule has 2 saturated heterocycles. The van der Waals surface area contributed by atoms with E-state index >= 15 is 0 Å². The van der Waals surface area contributed by atoms with Gasteiger partial charge in [0.05, 0.1) is 5.02 Å². The molecule has 1 unspecified atom stereocenters. The topological polar surface area (TPSA) is 23.6 Å². The Hall–Kier alpha value is -0.900. The molecule has 21 heavy (non-hydrogen) atoms. The summed E-state index contributed by atoms with van der Waals surface area (Å²) in [6.45, 7) is 5.57. The number of ketones is 1. The predicted octanol–water partition coefficient (Wildman–Crippen LogP) is 3.08. The van der Waals surface area contributed by atoms with E-state index < -0.39 is 0 Å². The molecule has 0 aromatic heterocycles. The first-order valence-corrected chi connectivity index (χ1v) is 8.36. The van der Waals surface area contributed by atoms with Gasteiger partial charge in [0.15, 0.2) is 5.78 Å². The van der Waals surface area contributed by atoms with Crippen LogP contribution in [-0.4, -0.2) is 54.3 Å². The van der Waals surface area contributed by atoms with Crippen LogP contribution in [0.1, 0.15) is 36.0 Å². The van der Waals surface area contributed by atoms with Gasteiger partial charge in [-0.2, -0.15) is 0 Å². The number of carbonyl (C=O) groups excluding carboxylic acids is 1. The highest BCUT2D eigenvalue weighted by Gasteiger charge is 2.28. The van der Waals surface area contributed by atoms with Crippen molar-refractivity contribution in [1.82, 2.24) is 9.80 Å². The van der Waals surface area contributed by atoms with Crippen molar-refractivity contribution in [2.75, 3.05) is 32.7 Å². The molecule has 0 saturated carbocycles. The van der Waals surface area contributed by atoms with Crippen molar-refractivity contribution in [3.05, 3.63) is 34.9 Å². The number of benzene rings is 1. The summed E-state index contributed by atoms with van der Waals surface area (Å²) in [6.07, 6.45) is 4.43. The first kappa shape index (κ1) is 15.0.